The fourth-order valence-corrected chi connectivity index (χ4v) is 5.16. The van der Waals surface area contributed by atoms with Gasteiger partial charge in [-0.1, -0.05) is 109 Å². The first-order chi connectivity index (χ1) is 16.1. The van der Waals surface area contributed by atoms with Crippen molar-refractivity contribution in [3.05, 3.63) is 59.7 Å². The van der Waals surface area contributed by atoms with Gasteiger partial charge in [-0.15, -0.1) is 0 Å². The van der Waals surface area contributed by atoms with Gasteiger partial charge in [0, 0.05) is 0 Å². The molecule has 0 saturated heterocycles. The Balaban J connectivity index is 0.000000374. The number of hydrogen-bond acceptors (Lipinski definition) is 2. The van der Waals surface area contributed by atoms with Crippen LogP contribution >= 0.6 is 0 Å². The van der Waals surface area contributed by atoms with E-state index in [0.29, 0.717) is 0 Å². The second-order valence-corrected chi connectivity index (χ2v) is 10.7. The number of aryl methyl sites for hydroxylation is 2. The van der Waals surface area contributed by atoms with Crippen LogP contribution in [0.15, 0.2) is 58.8 Å². The molecule has 2 aliphatic carbocycles. The number of nitrogens with zero attached hydrogens (tertiary/aromatic N) is 2. The predicted molar refractivity (Wildman–Crippen MR) is 143 cm³/mol. The van der Waals surface area contributed by atoms with E-state index in [-0.39, 0.29) is 0 Å². The van der Waals surface area contributed by atoms with Crippen LogP contribution in [-0.2, 0) is 12.8 Å². The molecule has 0 bridgehead atoms. The lowest BCUT2D eigenvalue weighted by atomic mass is 9.80. The number of azo groups is 1. The minimum Gasteiger partial charge on any atom is -0.151 e. The normalized spacial score (nSPS) is 21.5. The second kappa shape index (κ2) is 14.3. The monoisotopic (exact) mass is 446 g/mol. The van der Waals surface area contributed by atoms with Gasteiger partial charge in [0.2, 0.25) is 0 Å². The summed E-state index contributed by atoms with van der Waals surface area (Å²) in [6.45, 7) is 6.95. The Hall–Kier alpha value is -1.96. The zero-order valence-electron chi connectivity index (χ0n) is 21.4. The Bertz CT molecular complexity index is 792. The molecule has 0 atom stereocenters. The molecular weight excluding hydrogens is 400 g/mol. The fraction of sp³-hybridized carbons (Fsp3) is 0.613. The summed E-state index contributed by atoms with van der Waals surface area (Å²) in [5.41, 5.74) is 4.63. The molecule has 2 aromatic rings. The standard InChI is InChI=1S/C24H32N2.C7H14/c1-3-4-20-11-15-23(16-12-20)25-26-24-17-13-22(14-18-24)10-9-21-7-5-19(2)6-8-21;1-7-5-3-2-4-6-7/h11-19,21H,3-10H2,1-2H3;7H,2-6H2,1H3. The molecule has 0 aromatic heterocycles. The van der Waals surface area contributed by atoms with E-state index in [4.69, 9.17) is 0 Å². The van der Waals surface area contributed by atoms with E-state index < -0.39 is 0 Å². The highest BCUT2D eigenvalue weighted by molar-refractivity contribution is 5.42. The summed E-state index contributed by atoms with van der Waals surface area (Å²) < 4.78 is 0. The van der Waals surface area contributed by atoms with Crippen LogP contribution in [0.1, 0.15) is 103 Å². The third-order valence-corrected chi connectivity index (χ3v) is 7.56. The van der Waals surface area contributed by atoms with Gasteiger partial charge in [0.05, 0.1) is 11.4 Å². The van der Waals surface area contributed by atoms with Gasteiger partial charge in [-0.3, -0.25) is 0 Å². The smallest absolute Gasteiger partial charge is 0.0857 e. The van der Waals surface area contributed by atoms with E-state index in [1.807, 2.05) is 12.1 Å². The molecule has 0 unspecified atom stereocenters. The van der Waals surface area contributed by atoms with Crippen molar-refractivity contribution in [1.29, 1.82) is 0 Å². The van der Waals surface area contributed by atoms with Crippen molar-refractivity contribution in [2.75, 3.05) is 0 Å². The van der Waals surface area contributed by atoms with Crippen LogP contribution in [0.5, 0.6) is 0 Å². The predicted octanol–water partition coefficient (Wildman–Crippen LogP) is 10.4. The largest absolute Gasteiger partial charge is 0.151 e. The van der Waals surface area contributed by atoms with Crippen LogP contribution in [0.25, 0.3) is 0 Å². The first-order valence-electron chi connectivity index (χ1n) is 13.7. The van der Waals surface area contributed by atoms with Gasteiger partial charge in [0.25, 0.3) is 0 Å². The van der Waals surface area contributed by atoms with Crippen molar-refractivity contribution in [3.63, 3.8) is 0 Å². The maximum absolute atomic E-state index is 4.38. The maximum Gasteiger partial charge on any atom is 0.0857 e. The summed E-state index contributed by atoms with van der Waals surface area (Å²) in [4.78, 5) is 0. The van der Waals surface area contributed by atoms with Crippen LogP contribution in [0, 0.1) is 17.8 Å². The highest BCUT2D eigenvalue weighted by Crippen LogP contribution is 2.31. The highest BCUT2D eigenvalue weighted by Gasteiger charge is 2.17. The summed E-state index contributed by atoms with van der Waals surface area (Å²) in [5, 5.41) is 8.74. The summed E-state index contributed by atoms with van der Waals surface area (Å²) in [5.74, 6) is 2.91. The van der Waals surface area contributed by atoms with E-state index in [2.05, 4.69) is 67.4 Å². The van der Waals surface area contributed by atoms with Crippen molar-refractivity contribution in [2.45, 2.75) is 104 Å². The molecule has 4 rings (SSSR count). The minimum absolute atomic E-state index is 0.917. The molecule has 0 radical (unpaired) electrons. The summed E-state index contributed by atoms with van der Waals surface area (Å²) in [6, 6.07) is 17.0. The molecule has 2 saturated carbocycles. The van der Waals surface area contributed by atoms with Gasteiger partial charge in [0.1, 0.15) is 0 Å². The van der Waals surface area contributed by atoms with Crippen LogP contribution < -0.4 is 0 Å². The second-order valence-electron chi connectivity index (χ2n) is 10.7. The van der Waals surface area contributed by atoms with Crippen molar-refractivity contribution >= 4 is 11.4 Å². The lowest BCUT2D eigenvalue weighted by Crippen LogP contribution is -2.12. The Kier molecular flexibility index (Phi) is 11.1. The Morgan fingerprint density at radius 1 is 0.606 bits per heavy atom. The molecule has 0 aliphatic heterocycles. The van der Waals surface area contributed by atoms with Crippen LogP contribution in [0.4, 0.5) is 11.4 Å². The molecule has 2 aromatic carbocycles. The first kappa shape index (κ1) is 25.7. The van der Waals surface area contributed by atoms with Crippen molar-refractivity contribution < 1.29 is 0 Å². The molecule has 2 heteroatoms. The first-order valence-corrected chi connectivity index (χ1v) is 13.7. The maximum atomic E-state index is 4.38. The molecule has 180 valence electrons. The quantitative estimate of drug-likeness (QED) is 0.378. The van der Waals surface area contributed by atoms with Crippen molar-refractivity contribution in [3.8, 4) is 0 Å². The zero-order valence-corrected chi connectivity index (χ0v) is 21.4. The summed E-state index contributed by atoms with van der Waals surface area (Å²) in [7, 11) is 0. The van der Waals surface area contributed by atoms with E-state index in [9.17, 15) is 0 Å². The SMILES string of the molecule is CC1CCCCC1.CCCc1ccc(N=Nc2ccc(CCC3CCC(C)CC3)cc2)cc1. The van der Waals surface area contributed by atoms with Gasteiger partial charge < -0.3 is 0 Å². The number of benzene rings is 2. The minimum atomic E-state index is 0.917. The average molecular weight is 447 g/mol. The third-order valence-electron chi connectivity index (χ3n) is 7.56. The molecular formula is C31H46N2. The van der Waals surface area contributed by atoms with Gasteiger partial charge in [-0.25, -0.2) is 0 Å². The molecule has 2 nitrogen and oxygen atoms in total. The molecule has 0 heterocycles. The summed E-state index contributed by atoms with van der Waals surface area (Å²) >= 11 is 0. The third kappa shape index (κ3) is 9.82. The lowest BCUT2D eigenvalue weighted by molar-refractivity contribution is 0.278. The summed E-state index contributed by atoms with van der Waals surface area (Å²) in [6.07, 6.45) is 17.9. The average Bonchev–Trinajstić information content (AvgIpc) is 2.85. The molecule has 2 aliphatic rings. The van der Waals surface area contributed by atoms with Crippen LogP contribution in [-0.4, -0.2) is 0 Å². The topological polar surface area (TPSA) is 24.7 Å². The molecule has 0 spiro atoms. The Morgan fingerprint density at radius 3 is 1.55 bits per heavy atom. The number of hydrogen-bond donors (Lipinski definition) is 0. The highest BCUT2D eigenvalue weighted by atomic mass is 15.1. The lowest BCUT2D eigenvalue weighted by Gasteiger charge is -2.26. The van der Waals surface area contributed by atoms with Gasteiger partial charge in [0.15, 0.2) is 0 Å². The van der Waals surface area contributed by atoms with Gasteiger partial charge in [-0.2, -0.15) is 10.2 Å². The molecule has 0 N–H and O–H groups in total. The van der Waals surface area contributed by atoms with E-state index >= 15 is 0 Å². The number of rotatable bonds is 7. The van der Waals surface area contributed by atoms with Crippen LogP contribution in [0.3, 0.4) is 0 Å². The Labute approximate surface area is 203 Å². The van der Waals surface area contributed by atoms with Crippen molar-refractivity contribution in [1.82, 2.24) is 0 Å². The van der Waals surface area contributed by atoms with E-state index in [1.54, 1.807) is 0 Å². The molecule has 2 fully saturated rings. The molecule has 33 heavy (non-hydrogen) atoms. The fourth-order valence-electron chi connectivity index (χ4n) is 5.16. The zero-order chi connectivity index (χ0) is 23.3. The van der Waals surface area contributed by atoms with E-state index in [0.717, 1.165) is 35.5 Å². The van der Waals surface area contributed by atoms with Crippen molar-refractivity contribution in [2.24, 2.45) is 28.0 Å². The van der Waals surface area contributed by atoms with E-state index in [1.165, 1.54) is 88.2 Å². The van der Waals surface area contributed by atoms with Gasteiger partial charge >= 0.3 is 0 Å². The molecule has 0 amide bonds. The van der Waals surface area contributed by atoms with Crippen LogP contribution in [0.2, 0.25) is 0 Å². The van der Waals surface area contributed by atoms with Gasteiger partial charge in [-0.05, 0) is 72.4 Å². The Morgan fingerprint density at radius 2 is 1.09 bits per heavy atom.